The number of hydrogen-bond acceptors (Lipinski definition) is 4. The van der Waals surface area contributed by atoms with Crippen LogP contribution in [0.5, 0.6) is 5.75 Å². The van der Waals surface area contributed by atoms with Gasteiger partial charge < -0.3 is 21.3 Å². The first-order valence-electron chi connectivity index (χ1n) is 5.46. The van der Waals surface area contributed by atoms with Gasteiger partial charge in [0.2, 0.25) is 0 Å². The second-order valence-corrected chi connectivity index (χ2v) is 4.29. The Labute approximate surface area is 100 Å². The molecule has 0 spiro atoms. The molecule has 94 valence electrons. The molecule has 0 bridgehead atoms. The summed E-state index contributed by atoms with van der Waals surface area (Å²) in [5, 5.41) is 21.5. The molecule has 5 nitrogen and oxygen atoms in total. The molecule has 0 saturated heterocycles. The highest BCUT2D eigenvalue weighted by molar-refractivity contribution is 5.95. The zero-order chi connectivity index (χ0) is 13.0. The van der Waals surface area contributed by atoms with Gasteiger partial charge in [0.15, 0.2) is 0 Å². The van der Waals surface area contributed by atoms with Crippen molar-refractivity contribution in [3.63, 3.8) is 0 Å². The maximum Gasteiger partial charge on any atom is 0.251 e. The van der Waals surface area contributed by atoms with Gasteiger partial charge in [0.05, 0.1) is 11.8 Å². The molecule has 5 N–H and O–H groups in total. The Hall–Kier alpha value is -1.75. The van der Waals surface area contributed by atoms with E-state index in [0.717, 1.165) is 0 Å². The Morgan fingerprint density at radius 1 is 1.47 bits per heavy atom. The molecule has 1 aromatic rings. The van der Waals surface area contributed by atoms with Crippen LogP contribution in [0.2, 0.25) is 0 Å². The van der Waals surface area contributed by atoms with Gasteiger partial charge in [-0.15, -0.1) is 0 Å². The number of carbonyl (C=O) groups is 1. The Bertz CT molecular complexity index is 405. The molecule has 0 fully saturated rings. The summed E-state index contributed by atoms with van der Waals surface area (Å²) in [7, 11) is 0. The van der Waals surface area contributed by atoms with E-state index in [0.29, 0.717) is 5.56 Å². The molecule has 1 rings (SSSR count). The average Bonchev–Trinajstić information content (AvgIpc) is 2.28. The van der Waals surface area contributed by atoms with Crippen molar-refractivity contribution in [2.24, 2.45) is 5.92 Å². The molecular weight excluding hydrogens is 220 g/mol. The molecule has 1 amide bonds. The number of nitrogens with one attached hydrogen (secondary N) is 1. The number of aromatic hydroxyl groups is 1. The fourth-order valence-corrected chi connectivity index (χ4v) is 1.22. The molecule has 0 heterocycles. The fraction of sp³-hybridized carbons (Fsp3) is 0.417. The van der Waals surface area contributed by atoms with E-state index in [-0.39, 0.29) is 29.8 Å². The Morgan fingerprint density at radius 2 is 2.12 bits per heavy atom. The average molecular weight is 238 g/mol. The van der Waals surface area contributed by atoms with E-state index < -0.39 is 6.10 Å². The first-order valence-corrected chi connectivity index (χ1v) is 5.46. The Kier molecular flexibility index (Phi) is 4.34. The minimum Gasteiger partial charge on any atom is -0.506 e. The topological polar surface area (TPSA) is 95.6 Å². The number of phenolic OH excluding ortho intramolecular Hbond substituents is 1. The molecule has 1 atom stereocenters. The molecule has 0 saturated carbocycles. The molecule has 0 aliphatic rings. The van der Waals surface area contributed by atoms with Crippen molar-refractivity contribution in [1.82, 2.24) is 5.32 Å². The molecule has 0 aliphatic heterocycles. The number of aliphatic hydroxyl groups is 1. The monoisotopic (exact) mass is 238 g/mol. The van der Waals surface area contributed by atoms with Gasteiger partial charge in [-0.1, -0.05) is 13.8 Å². The van der Waals surface area contributed by atoms with Crippen molar-refractivity contribution in [1.29, 1.82) is 0 Å². The van der Waals surface area contributed by atoms with Crippen LogP contribution in [0.4, 0.5) is 5.69 Å². The summed E-state index contributed by atoms with van der Waals surface area (Å²) in [4.78, 5) is 11.7. The highest BCUT2D eigenvalue weighted by Gasteiger charge is 2.12. The van der Waals surface area contributed by atoms with Crippen molar-refractivity contribution in [2.45, 2.75) is 20.0 Å². The van der Waals surface area contributed by atoms with Gasteiger partial charge in [0.1, 0.15) is 5.75 Å². The van der Waals surface area contributed by atoms with Gasteiger partial charge in [-0.25, -0.2) is 0 Å². The number of aliphatic hydroxyl groups excluding tert-OH is 1. The summed E-state index contributed by atoms with van der Waals surface area (Å²) < 4.78 is 0. The SMILES string of the molecule is CC(C)C(O)CNC(=O)c1ccc(N)c(O)c1. The minimum absolute atomic E-state index is 0.0788. The summed E-state index contributed by atoms with van der Waals surface area (Å²) in [6.07, 6.45) is -0.582. The fourth-order valence-electron chi connectivity index (χ4n) is 1.22. The van der Waals surface area contributed by atoms with Crippen molar-refractivity contribution in [2.75, 3.05) is 12.3 Å². The lowest BCUT2D eigenvalue weighted by atomic mass is 10.1. The van der Waals surface area contributed by atoms with Crippen molar-refractivity contribution in [3.8, 4) is 5.75 Å². The van der Waals surface area contributed by atoms with Gasteiger partial charge >= 0.3 is 0 Å². The number of anilines is 1. The van der Waals surface area contributed by atoms with Gasteiger partial charge in [0, 0.05) is 12.1 Å². The first kappa shape index (κ1) is 13.3. The molecule has 0 aliphatic carbocycles. The molecule has 0 aromatic heterocycles. The predicted octanol–water partition coefficient (Wildman–Crippen LogP) is 0.721. The lowest BCUT2D eigenvalue weighted by Gasteiger charge is -2.15. The molecular formula is C12H18N2O3. The molecule has 0 radical (unpaired) electrons. The second-order valence-electron chi connectivity index (χ2n) is 4.29. The van der Waals surface area contributed by atoms with Crippen LogP contribution in [-0.2, 0) is 0 Å². The van der Waals surface area contributed by atoms with Crippen LogP contribution in [0.15, 0.2) is 18.2 Å². The van der Waals surface area contributed by atoms with Crippen LogP contribution in [0.1, 0.15) is 24.2 Å². The van der Waals surface area contributed by atoms with Gasteiger partial charge in [-0.3, -0.25) is 4.79 Å². The van der Waals surface area contributed by atoms with Crippen LogP contribution < -0.4 is 11.1 Å². The number of rotatable bonds is 4. The van der Waals surface area contributed by atoms with E-state index in [1.807, 2.05) is 13.8 Å². The molecule has 1 aromatic carbocycles. The van der Waals surface area contributed by atoms with Crippen LogP contribution in [0, 0.1) is 5.92 Å². The van der Waals surface area contributed by atoms with Crippen molar-refractivity contribution in [3.05, 3.63) is 23.8 Å². The highest BCUT2D eigenvalue weighted by atomic mass is 16.3. The van der Waals surface area contributed by atoms with Crippen LogP contribution in [0.3, 0.4) is 0 Å². The predicted molar refractivity (Wildman–Crippen MR) is 65.7 cm³/mol. The zero-order valence-corrected chi connectivity index (χ0v) is 9.97. The largest absolute Gasteiger partial charge is 0.506 e. The Balaban J connectivity index is 2.61. The smallest absolute Gasteiger partial charge is 0.251 e. The summed E-state index contributed by atoms with van der Waals surface area (Å²) in [5.41, 5.74) is 5.97. The third kappa shape index (κ3) is 3.64. The van der Waals surface area contributed by atoms with E-state index in [9.17, 15) is 15.0 Å². The number of amides is 1. The van der Waals surface area contributed by atoms with E-state index >= 15 is 0 Å². The third-order valence-corrected chi connectivity index (χ3v) is 2.53. The normalized spacial score (nSPS) is 12.5. The standard InChI is InChI=1S/C12H18N2O3/c1-7(2)11(16)6-14-12(17)8-3-4-9(13)10(15)5-8/h3-5,7,11,15-16H,6,13H2,1-2H3,(H,14,17). The molecule has 1 unspecified atom stereocenters. The number of phenols is 1. The molecule has 5 heteroatoms. The number of benzene rings is 1. The van der Waals surface area contributed by atoms with Gasteiger partial charge in [-0.2, -0.15) is 0 Å². The van der Waals surface area contributed by atoms with E-state index in [2.05, 4.69) is 5.32 Å². The molecule has 17 heavy (non-hydrogen) atoms. The van der Waals surface area contributed by atoms with E-state index in [4.69, 9.17) is 5.73 Å². The number of carbonyl (C=O) groups excluding carboxylic acids is 1. The summed E-state index contributed by atoms with van der Waals surface area (Å²) >= 11 is 0. The number of hydrogen-bond donors (Lipinski definition) is 4. The maximum atomic E-state index is 11.7. The second kappa shape index (κ2) is 5.54. The van der Waals surface area contributed by atoms with Crippen LogP contribution >= 0.6 is 0 Å². The zero-order valence-electron chi connectivity index (χ0n) is 9.97. The quantitative estimate of drug-likeness (QED) is 0.459. The first-order chi connectivity index (χ1) is 7.91. The number of nitrogens with two attached hydrogens (primary N) is 1. The van der Waals surface area contributed by atoms with Crippen molar-refractivity contribution < 1.29 is 15.0 Å². The van der Waals surface area contributed by atoms with Gasteiger partial charge in [-0.05, 0) is 24.1 Å². The number of nitrogen functional groups attached to an aromatic ring is 1. The van der Waals surface area contributed by atoms with Gasteiger partial charge in [0.25, 0.3) is 5.91 Å². The van der Waals surface area contributed by atoms with E-state index in [1.165, 1.54) is 18.2 Å². The van der Waals surface area contributed by atoms with Crippen molar-refractivity contribution >= 4 is 11.6 Å². The van der Waals surface area contributed by atoms with E-state index in [1.54, 1.807) is 0 Å². The third-order valence-electron chi connectivity index (χ3n) is 2.53. The lowest BCUT2D eigenvalue weighted by molar-refractivity contribution is 0.0871. The summed E-state index contributed by atoms with van der Waals surface area (Å²) in [6, 6.07) is 4.28. The summed E-state index contributed by atoms with van der Waals surface area (Å²) in [6.45, 7) is 3.92. The maximum absolute atomic E-state index is 11.7. The lowest BCUT2D eigenvalue weighted by Crippen LogP contribution is -2.34. The highest BCUT2D eigenvalue weighted by Crippen LogP contribution is 2.20. The minimum atomic E-state index is -0.582. The van der Waals surface area contributed by atoms with Crippen LogP contribution in [0.25, 0.3) is 0 Å². The van der Waals surface area contributed by atoms with Crippen LogP contribution in [-0.4, -0.2) is 28.8 Å². The Morgan fingerprint density at radius 3 is 2.65 bits per heavy atom. The summed E-state index contributed by atoms with van der Waals surface area (Å²) in [5.74, 6) is -0.392.